The maximum atomic E-state index is 13.1. The lowest BCUT2D eigenvalue weighted by Gasteiger charge is -2.42. The van der Waals surface area contributed by atoms with Crippen LogP contribution in [0.15, 0.2) is 36.7 Å². The highest BCUT2D eigenvalue weighted by Crippen LogP contribution is 2.34. The Labute approximate surface area is 158 Å². The zero-order chi connectivity index (χ0) is 19.0. The van der Waals surface area contributed by atoms with Gasteiger partial charge in [-0.3, -0.25) is 10.2 Å². The minimum Gasteiger partial charge on any atom is -0.334 e. The molecule has 2 aliphatic heterocycles. The van der Waals surface area contributed by atoms with Crippen molar-refractivity contribution in [2.45, 2.75) is 57.3 Å². The number of nitrogens with one attached hydrogen (secondary N) is 2. The van der Waals surface area contributed by atoms with E-state index in [1.165, 1.54) is 12.1 Å². The summed E-state index contributed by atoms with van der Waals surface area (Å²) in [5, 5.41) is 0. The van der Waals surface area contributed by atoms with Crippen LogP contribution in [0.2, 0.25) is 0 Å². The summed E-state index contributed by atoms with van der Waals surface area (Å²) in [5.74, 6) is 1.29. The largest absolute Gasteiger partial charge is 0.334 e. The molecule has 1 aromatic heterocycles. The Bertz CT molecular complexity index is 803. The van der Waals surface area contributed by atoms with Gasteiger partial charge in [-0.25, -0.2) is 14.8 Å². The van der Waals surface area contributed by atoms with Crippen molar-refractivity contribution in [2.75, 3.05) is 6.54 Å². The standard InChI is InChI=1S/C20H26FN5O/c1-13(2)19-22-8-10-25(19)12-16-11-17(24-23-16)20(27)26-9-7-18(26)14-3-5-15(21)6-4-14/h3-6,8,10,13,16-18,23-24H,7,9,11-12H2,1-2H3. The van der Waals surface area contributed by atoms with E-state index in [0.717, 1.165) is 37.3 Å². The highest BCUT2D eigenvalue weighted by molar-refractivity contribution is 5.83. The molecular formula is C20H26FN5O. The molecule has 0 saturated carbocycles. The molecule has 7 heteroatoms. The monoisotopic (exact) mass is 371 g/mol. The predicted octanol–water partition coefficient (Wildman–Crippen LogP) is 2.35. The molecule has 3 heterocycles. The van der Waals surface area contributed by atoms with Gasteiger partial charge in [-0.2, -0.15) is 0 Å². The smallest absolute Gasteiger partial charge is 0.241 e. The summed E-state index contributed by atoms with van der Waals surface area (Å²) >= 11 is 0. The number of likely N-dealkylation sites (tertiary alicyclic amines) is 1. The zero-order valence-corrected chi connectivity index (χ0v) is 15.7. The number of carbonyl (C=O) groups excluding carboxylic acids is 1. The first-order chi connectivity index (χ1) is 13.0. The lowest BCUT2D eigenvalue weighted by molar-refractivity contribution is -0.141. The fourth-order valence-electron chi connectivity index (χ4n) is 4.00. The van der Waals surface area contributed by atoms with Crippen LogP contribution >= 0.6 is 0 Å². The second kappa shape index (κ2) is 7.40. The molecular weight excluding hydrogens is 345 g/mol. The molecule has 6 nitrogen and oxygen atoms in total. The molecule has 2 saturated heterocycles. The normalized spacial score (nSPS) is 25.0. The van der Waals surface area contributed by atoms with Gasteiger partial charge in [-0.1, -0.05) is 26.0 Å². The van der Waals surface area contributed by atoms with Gasteiger partial charge in [0.05, 0.1) is 6.04 Å². The second-order valence-corrected chi connectivity index (χ2v) is 7.75. The molecule has 0 spiro atoms. The van der Waals surface area contributed by atoms with Crippen molar-refractivity contribution in [1.82, 2.24) is 25.3 Å². The summed E-state index contributed by atoms with van der Waals surface area (Å²) in [7, 11) is 0. The number of carbonyl (C=O) groups is 1. The third kappa shape index (κ3) is 3.61. The highest BCUT2D eigenvalue weighted by atomic mass is 19.1. The third-order valence-corrected chi connectivity index (χ3v) is 5.52. The average Bonchev–Trinajstić information content (AvgIpc) is 3.26. The molecule has 3 atom stereocenters. The number of rotatable bonds is 5. The van der Waals surface area contributed by atoms with E-state index in [1.807, 2.05) is 17.3 Å². The van der Waals surface area contributed by atoms with E-state index in [9.17, 15) is 9.18 Å². The number of hydrogen-bond acceptors (Lipinski definition) is 4. The van der Waals surface area contributed by atoms with Crippen molar-refractivity contribution < 1.29 is 9.18 Å². The van der Waals surface area contributed by atoms with Crippen LogP contribution in [0.25, 0.3) is 0 Å². The van der Waals surface area contributed by atoms with Gasteiger partial charge in [-0.15, -0.1) is 0 Å². The molecule has 1 aromatic carbocycles. The van der Waals surface area contributed by atoms with E-state index < -0.39 is 0 Å². The molecule has 2 fully saturated rings. The number of hydrazine groups is 1. The average molecular weight is 371 g/mol. The predicted molar refractivity (Wildman–Crippen MR) is 100 cm³/mol. The van der Waals surface area contributed by atoms with Gasteiger partial charge in [0.25, 0.3) is 0 Å². The van der Waals surface area contributed by atoms with Crippen molar-refractivity contribution in [2.24, 2.45) is 0 Å². The van der Waals surface area contributed by atoms with Crippen LogP contribution in [0, 0.1) is 5.82 Å². The molecule has 27 heavy (non-hydrogen) atoms. The van der Waals surface area contributed by atoms with Crippen LogP contribution in [0.3, 0.4) is 0 Å². The zero-order valence-electron chi connectivity index (χ0n) is 15.7. The molecule has 0 radical (unpaired) electrons. The van der Waals surface area contributed by atoms with Crippen molar-refractivity contribution in [1.29, 1.82) is 0 Å². The van der Waals surface area contributed by atoms with Gasteiger partial charge in [-0.05, 0) is 30.5 Å². The Morgan fingerprint density at radius 3 is 2.74 bits per heavy atom. The summed E-state index contributed by atoms with van der Waals surface area (Å²) < 4.78 is 15.3. The lowest BCUT2D eigenvalue weighted by Crippen LogP contribution is -2.52. The van der Waals surface area contributed by atoms with E-state index in [2.05, 4.69) is 34.3 Å². The summed E-state index contributed by atoms with van der Waals surface area (Å²) in [6.07, 6.45) is 5.48. The summed E-state index contributed by atoms with van der Waals surface area (Å²) in [5.41, 5.74) is 7.42. The van der Waals surface area contributed by atoms with Crippen molar-refractivity contribution in [3.63, 3.8) is 0 Å². The number of benzene rings is 1. The molecule has 144 valence electrons. The van der Waals surface area contributed by atoms with Gasteiger partial charge in [0.2, 0.25) is 5.91 Å². The van der Waals surface area contributed by atoms with Gasteiger partial charge >= 0.3 is 0 Å². The molecule has 3 unspecified atom stereocenters. The van der Waals surface area contributed by atoms with Crippen LogP contribution in [0.4, 0.5) is 4.39 Å². The van der Waals surface area contributed by atoms with E-state index >= 15 is 0 Å². The number of amides is 1. The van der Waals surface area contributed by atoms with Crippen LogP contribution in [0.5, 0.6) is 0 Å². The molecule has 2 aliphatic rings. The third-order valence-electron chi connectivity index (χ3n) is 5.52. The quantitative estimate of drug-likeness (QED) is 0.847. The Hall–Kier alpha value is -2.25. The maximum absolute atomic E-state index is 13.1. The van der Waals surface area contributed by atoms with E-state index in [0.29, 0.717) is 5.92 Å². The van der Waals surface area contributed by atoms with Crippen molar-refractivity contribution in [3.05, 3.63) is 53.9 Å². The lowest BCUT2D eigenvalue weighted by atomic mass is 9.93. The van der Waals surface area contributed by atoms with Crippen LogP contribution in [0.1, 0.15) is 50.0 Å². The minimum atomic E-state index is -0.249. The fraction of sp³-hybridized carbons (Fsp3) is 0.500. The Kier molecular flexibility index (Phi) is 4.97. The van der Waals surface area contributed by atoms with Gasteiger partial charge in [0.15, 0.2) is 0 Å². The summed E-state index contributed by atoms with van der Waals surface area (Å²) in [4.78, 5) is 19.3. The Balaban J connectivity index is 1.36. The van der Waals surface area contributed by atoms with E-state index in [4.69, 9.17) is 0 Å². The van der Waals surface area contributed by atoms with E-state index in [1.54, 1.807) is 12.1 Å². The molecule has 1 amide bonds. The van der Waals surface area contributed by atoms with Gasteiger partial charge in [0, 0.05) is 37.4 Å². The molecule has 2 N–H and O–H groups in total. The topological polar surface area (TPSA) is 62.2 Å². The SMILES string of the molecule is CC(C)c1nccn1CC1CC(C(=O)N2CCC2c2ccc(F)cc2)NN1. The van der Waals surface area contributed by atoms with Crippen molar-refractivity contribution >= 4 is 5.91 Å². The van der Waals surface area contributed by atoms with Gasteiger partial charge in [0.1, 0.15) is 17.7 Å². The Morgan fingerprint density at radius 1 is 1.30 bits per heavy atom. The second-order valence-electron chi connectivity index (χ2n) is 7.75. The fourth-order valence-corrected chi connectivity index (χ4v) is 4.00. The Morgan fingerprint density at radius 2 is 2.07 bits per heavy atom. The first-order valence-corrected chi connectivity index (χ1v) is 9.61. The first kappa shape index (κ1) is 18.1. The number of aromatic nitrogens is 2. The number of nitrogens with zero attached hydrogens (tertiary/aromatic N) is 3. The van der Waals surface area contributed by atoms with Gasteiger partial charge < -0.3 is 9.47 Å². The highest BCUT2D eigenvalue weighted by Gasteiger charge is 2.39. The number of halogens is 1. The minimum absolute atomic E-state index is 0.0557. The molecule has 0 bridgehead atoms. The van der Waals surface area contributed by atoms with E-state index in [-0.39, 0.29) is 29.8 Å². The van der Waals surface area contributed by atoms with Crippen LogP contribution in [-0.2, 0) is 11.3 Å². The van der Waals surface area contributed by atoms with Crippen LogP contribution < -0.4 is 10.9 Å². The van der Waals surface area contributed by atoms with Crippen molar-refractivity contribution in [3.8, 4) is 0 Å². The summed E-state index contributed by atoms with van der Waals surface area (Å²) in [6, 6.07) is 6.46. The number of imidazole rings is 1. The molecule has 2 aromatic rings. The van der Waals surface area contributed by atoms with Crippen LogP contribution in [-0.4, -0.2) is 39.0 Å². The summed E-state index contributed by atoms with van der Waals surface area (Å²) in [6.45, 7) is 5.80. The molecule has 4 rings (SSSR count). The first-order valence-electron chi connectivity index (χ1n) is 9.61. The number of hydrogen-bond donors (Lipinski definition) is 2. The maximum Gasteiger partial charge on any atom is 0.241 e. The molecule has 0 aliphatic carbocycles.